The lowest BCUT2D eigenvalue weighted by atomic mass is 10.1. The summed E-state index contributed by atoms with van der Waals surface area (Å²) >= 11 is 0. The van der Waals surface area contributed by atoms with E-state index in [0.717, 1.165) is 0 Å². The third kappa shape index (κ3) is 5.52. The van der Waals surface area contributed by atoms with Gasteiger partial charge in [-0.25, -0.2) is 13.6 Å². The first kappa shape index (κ1) is 24.5. The van der Waals surface area contributed by atoms with Gasteiger partial charge in [-0.2, -0.15) is 0 Å². The number of hydrogen-bond acceptors (Lipinski definition) is 6. The minimum atomic E-state index is -3.90. The maximum atomic E-state index is 13.1. The van der Waals surface area contributed by atoms with Crippen LogP contribution in [0.1, 0.15) is 15.9 Å². The molecule has 0 saturated heterocycles. The van der Waals surface area contributed by atoms with Crippen LogP contribution in [0.15, 0.2) is 95.9 Å². The molecule has 0 atom stereocenters. The third-order valence-corrected chi connectivity index (χ3v) is 6.24. The van der Waals surface area contributed by atoms with Crippen molar-refractivity contribution in [3.63, 3.8) is 0 Å². The highest BCUT2D eigenvalue weighted by atomic mass is 32.2. The van der Waals surface area contributed by atoms with Crippen LogP contribution < -0.4 is 26.7 Å². The quantitative estimate of drug-likeness (QED) is 0.146. The predicted octanol–water partition coefficient (Wildman–Crippen LogP) is 3.91. The normalized spacial score (nSPS) is 11.0. The zero-order chi connectivity index (χ0) is 25.9. The third-order valence-electron chi connectivity index (χ3n) is 5.27. The lowest BCUT2D eigenvalue weighted by molar-refractivity contribution is 0.102. The van der Waals surface area contributed by atoms with Gasteiger partial charge in [-0.05, 0) is 54.1 Å². The Morgan fingerprint density at radius 1 is 0.889 bits per heavy atom. The van der Waals surface area contributed by atoms with E-state index in [2.05, 4.69) is 5.32 Å². The average molecular weight is 502 g/mol. The van der Waals surface area contributed by atoms with Crippen LogP contribution in [0.2, 0.25) is 0 Å². The molecule has 4 aromatic carbocycles. The highest BCUT2D eigenvalue weighted by Gasteiger charge is 2.17. The van der Waals surface area contributed by atoms with Crippen molar-refractivity contribution >= 4 is 33.1 Å². The monoisotopic (exact) mass is 501 g/mol. The summed E-state index contributed by atoms with van der Waals surface area (Å²) in [6.07, 6.45) is 0. The Morgan fingerprint density at radius 2 is 1.61 bits per heavy atom. The minimum absolute atomic E-state index is 0.0113. The zero-order valence-electron chi connectivity index (χ0n) is 18.9. The maximum Gasteiger partial charge on any atom is 0.259 e. The standard InChI is InChI=1S/C26H23N5O4S/c27-18-10-13-23(35-20-5-3-4-17(14-20)25(28)29)22(15-18)26(32)31-19-11-8-16(9-12-19)21-6-1-2-7-24(21)36(30,33)34/h1-15H,27H2,(H3,28,29)(H,31,32)(H2,30,33,34). The van der Waals surface area contributed by atoms with E-state index in [0.29, 0.717) is 33.8 Å². The molecule has 0 spiro atoms. The molecule has 0 bridgehead atoms. The van der Waals surface area contributed by atoms with Gasteiger partial charge in [0.25, 0.3) is 5.91 Å². The van der Waals surface area contributed by atoms with Crippen LogP contribution >= 0.6 is 0 Å². The molecule has 8 N–H and O–H groups in total. The molecule has 0 aliphatic rings. The van der Waals surface area contributed by atoms with Crippen molar-refractivity contribution in [3.05, 3.63) is 102 Å². The van der Waals surface area contributed by atoms with Gasteiger partial charge < -0.3 is 21.5 Å². The molecular weight excluding hydrogens is 478 g/mol. The molecule has 0 aliphatic heterocycles. The molecule has 0 unspecified atom stereocenters. The van der Waals surface area contributed by atoms with E-state index in [4.69, 9.17) is 26.8 Å². The zero-order valence-corrected chi connectivity index (χ0v) is 19.8. The number of rotatable bonds is 7. The van der Waals surface area contributed by atoms with Crippen molar-refractivity contribution in [2.75, 3.05) is 11.1 Å². The van der Waals surface area contributed by atoms with Gasteiger partial charge in [0.15, 0.2) is 0 Å². The Balaban J connectivity index is 1.58. The number of nitrogen functional groups attached to an aromatic ring is 2. The van der Waals surface area contributed by atoms with Gasteiger partial charge in [0, 0.05) is 22.5 Å². The minimum Gasteiger partial charge on any atom is -0.457 e. The Hall–Kier alpha value is -4.67. The van der Waals surface area contributed by atoms with Crippen LogP contribution in [0.3, 0.4) is 0 Å². The number of carbonyl (C=O) groups is 1. The van der Waals surface area contributed by atoms with Crippen molar-refractivity contribution in [1.82, 2.24) is 0 Å². The second kappa shape index (κ2) is 9.90. The summed E-state index contributed by atoms with van der Waals surface area (Å²) in [5.74, 6) is 0.101. The highest BCUT2D eigenvalue weighted by Crippen LogP contribution is 2.30. The Labute approximate surface area is 208 Å². The Bertz CT molecular complexity index is 1570. The molecule has 0 saturated carbocycles. The second-order valence-electron chi connectivity index (χ2n) is 7.87. The summed E-state index contributed by atoms with van der Waals surface area (Å²) < 4.78 is 29.7. The van der Waals surface area contributed by atoms with Crippen LogP contribution in [0, 0.1) is 5.41 Å². The fourth-order valence-electron chi connectivity index (χ4n) is 3.55. The topological polar surface area (TPSA) is 174 Å². The average Bonchev–Trinajstić information content (AvgIpc) is 2.85. The molecule has 0 aliphatic carbocycles. The number of primary sulfonamides is 1. The number of hydrogen-bond donors (Lipinski definition) is 5. The van der Waals surface area contributed by atoms with E-state index in [1.807, 2.05) is 0 Å². The summed E-state index contributed by atoms with van der Waals surface area (Å²) in [4.78, 5) is 13.1. The molecule has 10 heteroatoms. The number of carbonyl (C=O) groups excluding carboxylic acids is 1. The van der Waals surface area contributed by atoms with E-state index >= 15 is 0 Å². The first-order valence-electron chi connectivity index (χ1n) is 10.7. The van der Waals surface area contributed by atoms with Crippen LogP contribution in [0.25, 0.3) is 11.1 Å². The van der Waals surface area contributed by atoms with Gasteiger partial charge in [-0.1, -0.05) is 42.5 Å². The molecule has 4 aromatic rings. The van der Waals surface area contributed by atoms with E-state index in [1.54, 1.807) is 78.9 Å². The SMILES string of the molecule is N=C(N)c1cccc(Oc2ccc(N)cc2C(=O)Nc2ccc(-c3ccccc3S(N)(=O)=O)cc2)c1. The summed E-state index contributed by atoms with van der Waals surface area (Å²) in [5.41, 5.74) is 14.1. The smallest absolute Gasteiger partial charge is 0.259 e. The second-order valence-corrected chi connectivity index (χ2v) is 9.40. The number of amidine groups is 1. The molecule has 9 nitrogen and oxygen atoms in total. The van der Waals surface area contributed by atoms with Crippen LogP contribution in [0.5, 0.6) is 11.5 Å². The van der Waals surface area contributed by atoms with Crippen molar-refractivity contribution in [2.24, 2.45) is 10.9 Å². The van der Waals surface area contributed by atoms with Crippen molar-refractivity contribution in [3.8, 4) is 22.6 Å². The number of sulfonamides is 1. The lowest BCUT2D eigenvalue weighted by Crippen LogP contribution is -2.14. The van der Waals surface area contributed by atoms with Crippen LogP contribution in [-0.4, -0.2) is 20.2 Å². The van der Waals surface area contributed by atoms with Gasteiger partial charge >= 0.3 is 0 Å². The van der Waals surface area contributed by atoms with Crippen molar-refractivity contribution < 1.29 is 17.9 Å². The summed E-state index contributed by atoms with van der Waals surface area (Å²) in [6, 6.07) is 24.4. The van der Waals surface area contributed by atoms with E-state index in [1.165, 1.54) is 12.1 Å². The Kier molecular flexibility index (Phi) is 6.73. The fourth-order valence-corrected chi connectivity index (χ4v) is 4.31. The van der Waals surface area contributed by atoms with Crippen molar-refractivity contribution in [2.45, 2.75) is 4.90 Å². The molecule has 0 radical (unpaired) electrons. The highest BCUT2D eigenvalue weighted by molar-refractivity contribution is 7.89. The van der Waals surface area contributed by atoms with E-state index < -0.39 is 15.9 Å². The molecule has 182 valence electrons. The van der Waals surface area contributed by atoms with Crippen molar-refractivity contribution in [1.29, 1.82) is 5.41 Å². The van der Waals surface area contributed by atoms with Gasteiger partial charge in [0.2, 0.25) is 10.0 Å². The first-order chi connectivity index (χ1) is 17.1. The molecule has 0 fully saturated rings. The summed E-state index contributed by atoms with van der Waals surface area (Å²) in [5, 5.41) is 15.7. The van der Waals surface area contributed by atoms with E-state index in [9.17, 15) is 13.2 Å². The molecule has 0 aromatic heterocycles. The Morgan fingerprint density at radius 3 is 2.31 bits per heavy atom. The summed E-state index contributed by atoms with van der Waals surface area (Å²) in [7, 11) is -3.90. The number of amides is 1. The largest absolute Gasteiger partial charge is 0.457 e. The number of nitrogens with two attached hydrogens (primary N) is 3. The fraction of sp³-hybridized carbons (Fsp3) is 0. The van der Waals surface area contributed by atoms with Gasteiger partial charge in [0.1, 0.15) is 17.3 Å². The number of benzene rings is 4. The maximum absolute atomic E-state index is 13.1. The predicted molar refractivity (Wildman–Crippen MR) is 140 cm³/mol. The van der Waals surface area contributed by atoms with Gasteiger partial charge in [-0.15, -0.1) is 0 Å². The molecule has 1 amide bonds. The van der Waals surface area contributed by atoms with Gasteiger partial charge in [0.05, 0.1) is 10.5 Å². The molecule has 36 heavy (non-hydrogen) atoms. The number of ether oxygens (including phenoxy) is 1. The number of anilines is 2. The molecular formula is C26H23N5O4S. The van der Waals surface area contributed by atoms with Gasteiger partial charge in [-0.3, -0.25) is 10.2 Å². The number of nitrogens with one attached hydrogen (secondary N) is 2. The first-order valence-corrected chi connectivity index (χ1v) is 12.2. The molecule has 0 heterocycles. The van der Waals surface area contributed by atoms with E-state index in [-0.39, 0.29) is 22.0 Å². The van der Waals surface area contributed by atoms with Crippen LogP contribution in [-0.2, 0) is 10.0 Å². The molecule has 4 rings (SSSR count). The van der Waals surface area contributed by atoms with Crippen LogP contribution in [0.4, 0.5) is 11.4 Å². The lowest BCUT2D eigenvalue weighted by Gasteiger charge is -2.13. The summed E-state index contributed by atoms with van der Waals surface area (Å²) in [6.45, 7) is 0.